The Bertz CT molecular complexity index is 1110. The molecular formula is C20H21F3N6O2. The first-order valence-corrected chi connectivity index (χ1v) is 9.12. The third-order valence-electron chi connectivity index (χ3n) is 4.43. The molecule has 0 aliphatic rings. The maximum Gasteiger partial charge on any atom is 0.419 e. The van der Waals surface area contributed by atoms with Crippen LogP contribution in [0.4, 0.5) is 36.2 Å². The maximum absolute atomic E-state index is 13.6. The van der Waals surface area contributed by atoms with Gasteiger partial charge < -0.3 is 21.1 Å². The summed E-state index contributed by atoms with van der Waals surface area (Å²) in [6.07, 6.45) is -3.95. The van der Waals surface area contributed by atoms with Crippen molar-refractivity contribution in [1.82, 2.24) is 14.8 Å². The Kier molecular flexibility index (Phi) is 6.16. The Morgan fingerprint density at radius 1 is 1.23 bits per heavy atom. The fourth-order valence-corrected chi connectivity index (χ4v) is 3.13. The van der Waals surface area contributed by atoms with Crippen LogP contribution in [0, 0.1) is 6.92 Å². The van der Waals surface area contributed by atoms with E-state index >= 15 is 0 Å². The van der Waals surface area contributed by atoms with Crippen molar-refractivity contribution in [1.29, 1.82) is 0 Å². The van der Waals surface area contributed by atoms with E-state index in [1.54, 1.807) is 36.9 Å². The highest BCUT2D eigenvalue weighted by Gasteiger charge is 2.34. The zero-order valence-electron chi connectivity index (χ0n) is 17.0. The third kappa shape index (κ3) is 4.94. The zero-order valence-corrected chi connectivity index (χ0v) is 17.0. The lowest BCUT2D eigenvalue weighted by Gasteiger charge is -2.18. The molecule has 0 atom stereocenters. The average molecular weight is 434 g/mol. The number of primary amides is 1. The molecule has 3 aromatic rings. The fraction of sp³-hybridized carbons (Fsp3) is 0.250. The molecule has 1 amide bonds. The van der Waals surface area contributed by atoms with Gasteiger partial charge in [-0.25, -0.2) is 4.98 Å². The van der Waals surface area contributed by atoms with Crippen LogP contribution < -0.4 is 16.4 Å². The molecule has 0 aliphatic heterocycles. The number of carbonyl (C=O) groups is 1. The highest BCUT2D eigenvalue weighted by Crippen LogP contribution is 2.38. The van der Waals surface area contributed by atoms with Crippen molar-refractivity contribution < 1.29 is 22.7 Å². The second-order valence-electron chi connectivity index (χ2n) is 6.79. The summed E-state index contributed by atoms with van der Waals surface area (Å²) in [5.74, 6) is -0.0794. The van der Waals surface area contributed by atoms with Crippen molar-refractivity contribution in [3.8, 4) is 0 Å². The van der Waals surface area contributed by atoms with Crippen LogP contribution in [0.5, 0.6) is 0 Å². The first kappa shape index (κ1) is 22.1. The molecule has 2 aromatic heterocycles. The average Bonchev–Trinajstić information content (AvgIpc) is 2.98. The number of amides is 1. The maximum atomic E-state index is 13.6. The number of nitrogens with one attached hydrogen (secondary N) is 2. The van der Waals surface area contributed by atoms with Crippen LogP contribution in [0.3, 0.4) is 0 Å². The second kappa shape index (κ2) is 8.64. The highest BCUT2D eigenvalue weighted by atomic mass is 19.4. The molecular weight excluding hydrogens is 413 g/mol. The predicted molar refractivity (Wildman–Crippen MR) is 109 cm³/mol. The van der Waals surface area contributed by atoms with Gasteiger partial charge in [-0.15, -0.1) is 0 Å². The molecule has 0 unspecified atom stereocenters. The minimum Gasteiger partial charge on any atom is -0.380 e. The van der Waals surface area contributed by atoms with E-state index in [-0.39, 0.29) is 29.4 Å². The van der Waals surface area contributed by atoms with E-state index in [0.717, 1.165) is 11.9 Å². The molecule has 0 fully saturated rings. The number of aryl methyl sites for hydroxylation is 2. The summed E-state index contributed by atoms with van der Waals surface area (Å²) in [5.41, 5.74) is 5.55. The molecule has 0 bridgehead atoms. The quantitative estimate of drug-likeness (QED) is 0.521. The number of pyridine rings is 1. The molecule has 11 heteroatoms. The van der Waals surface area contributed by atoms with E-state index in [1.165, 1.54) is 19.2 Å². The number of nitrogens with two attached hydrogens (primary N) is 1. The van der Waals surface area contributed by atoms with Crippen molar-refractivity contribution in [3.05, 3.63) is 58.9 Å². The number of nitrogens with zero attached hydrogens (tertiary/aromatic N) is 3. The number of anilines is 4. The van der Waals surface area contributed by atoms with Gasteiger partial charge in [0, 0.05) is 32.5 Å². The van der Waals surface area contributed by atoms with E-state index in [1.807, 2.05) is 0 Å². The number of rotatable bonds is 7. The number of ether oxygens (including phenoxy) is 1. The lowest BCUT2D eigenvalue weighted by Crippen LogP contribution is -2.17. The molecule has 1 aromatic carbocycles. The minimum atomic E-state index is -4.67. The van der Waals surface area contributed by atoms with Crippen LogP contribution in [0.15, 0.2) is 36.5 Å². The van der Waals surface area contributed by atoms with Crippen LogP contribution in [0.2, 0.25) is 0 Å². The van der Waals surface area contributed by atoms with Crippen molar-refractivity contribution in [3.63, 3.8) is 0 Å². The van der Waals surface area contributed by atoms with Gasteiger partial charge in [-0.05, 0) is 18.6 Å². The molecule has 0 saturated carbocycles. The van der Waals surface area contributed by atoms with Crippen molar-refractivity contribution in [2.75, 3.05) is 17.7 Å². The minimum absolute atomic E-state index is 0.0473. The summed E-state index contributed by atoms with van der Waals surface area (Å²) in [4.78, 5) is 15.9. The van der Waals surface area contributed by atoms with Crippen LogP contribution in [-0.2, 0) is 24.6 Å². The Balaban J connectivity index is 2.06. The molecule has 0 aliphatic carbocycles. The van der Waals surface area contributed by atoms with E-state index in [4.69, 9.17) is 10.5 Å². The number of aromatic nitrogens is 3. The van der Waals surface area contributed by atoms with Gasteiger partial charge in [0.2, 0.25) is 0 Å². The lowest BCUT2D eigenvalue weighted by atomic mass is 10.0. The molecule has 0 saturated heterocycles. The van der Waals surface area contributed by atoms with Crippen LogP contribution in [-0.4, -0.2) is 27.8 Å². The Morgan fingerprint density at radius 2 is 1.97 bits per heavy atom. The summed E-state index contributed by atoms with van der Waals surface area (Å²) in [5, 5.41) is 9.81. The predicted octanol–water partition coefficient (Wildman–Crippen LogP) is 3.87. The van der Waals surface area contributed by atoms with E-state index in [9.17, 15) is 18.0 Å². The van der Waals surface area contributed by atoms with Gasteiger partial charge in [0.25, 0.3) is 5.91 Å². The van der Waals surface area contributed by atoms with Gasteiger partial charge in [0.1, 0.15) is 11.6 Å². The van der Waals surface area contributed by atoms with Crippen molar-refractivity contribution in [2.24, 2.45) is 12.8 Å². The summed E-state index contributed by atoms with van der Waals surface area (Å²) in [6, 6.07) is 7.61. The van der Waals surface area contributed by atoms with Crippen LogP contribution >= 0.6 is 0 Å². The number of methoxy groups -OCH3 is 1. The van der Waals surface area contributed by atoms with Gasteiger partial charge in [-0.2, -0.15) is 18.3 Å². The normalized spacial score (nSPS) is 11.4. The number of hydrogen-bond donors (Lipinski definition) is 3. The first-order valence-electron chi connectivity index (χ1n) is 9.12. The second-order valence-corrected chi connectivity index (χ2v) is 6.79. The lowest BCUT2D eigenvalue weighted by molar-refractivity contribution is -0.137. The molecule has 31 heavy (non-hydrogen) atoms. The number of alkyl halides is 3. The molecule has 164 valence electrons. The molecule has 0 radical (unpaired) electrons. The van der Waals surface area contributed by atoms with Crippen molar-refractivity contribution in [2.45, 2.75) is 19.7 Å². The zero-order chi connectivity index (χ0) is 22.8. The van der Waals surface area contributed by atoms with Gasteiger partial charge >= 0.3 is 6.18 Å². The van der Waals surface area contributed by atoms with E-state index in [0.29, 0.717) is 11.4 Å². The molecule has 4 N–H and O–H groups in total. The van der Waals surface area contributed by atoms with Gasteiger partial charge in [0.15, 0.2) is 0 Å². The number of hydrogen-bond acceptors (Lipinski definition) is 6. The summed E-state index contributed by atoms with van der Waals surface area (Å²) in [7, 11) is 3.13. The van der Waals surface area contributed by atoms with Crippen LogP contribution in [0.25, 0.3) is 0 Å². The van der Waals surface area contributed by atoms with E-state index in [2.05, 4.69) is 20.7 Å². The fourth-order valence-electron chi connectivity index (χ4n) is 3.13. The SMILES string of the molecule is COCc1cccc(Nc2cc(Nc3cc(C)nn3C)ncc2C(F)(F)F)c1C(N)=O. The topological polar surface area (TPSA) is 107 Å². The Hall–Kier alpha value is -3.60. The Labute approximate surface area is 176 Å². The smallest absolute Gasteiger partial charge is 0.380 e. The van der Waals surface area contributed by atoms with Crippen molar-refractivity contribution >= 4 is 28.9 Å². The van der Waals surface area contributed by atoms with Gasteiger partial charge in [-0.3, -0.25) is 9.48 Å². The molecule has 0 spiro atoms. The van der Waals surface area contributed by atoms with E-state index < -0.39 is 17.6 Å². The van der Waals surface area contributed by atoms with Gasteiger partial charge in [0.05, 0.1) is 34.8 Å². The van der Waals surface area contributed by atoms with Gasteiger partial charge in [-0.1, -0.05) is 12.1 Å². The summed E-state index contributed by atoms with van der Waals surface area (Å²) in [6.45, 7) is 1.86. The molecule has 3 rings (SSSR count). The molecule has 8 nitrogen and oxygen atoms in total. The standard InChI is InChI=1S/C20H21F3N6O2/c1-11-7-17(29(2)28-11)27-16-8-15(13(9-25-16)20(21,22)23)26-14-6-4-5-12(10-31-3)18(14)19(24)30/h4-9H,10H2,1-3H3,(H2,24,30)(H2,25,26,27). The Morgan fingerprint density at radius 3 is 2.55 bits per heavy atom. The summed E-state index contributed by atoms with van der Waals surface area (Å²) >= 11 is 0. The largest absolute Gasteiger partial charge is 0.419 e. The molecule has 2 heterocycles. The number of carbonyl (C=O) groups excluding carboxylic acids is 1. The van der Waals surface area contributed by atoms with Crippen LogP contribution in [0.1, 0.15) is 27.2 Å². The number of benzene rings is 1. The highest BCUT2D eigenvalue weighted by molar-refractivity contribution is 6.00. The number of halogens is 3. The summed E-state index contributed by atoms with van der Waals surface area (Å²) < 4.78 is 47.4. The first-order chi connectivity index (χ1) is 14.6. The third-order valence-corrected chi connectivity index (χ3v) is 4.43. The monoisotopic (exact) mass is 434 g/mol.